The summed E-state index contributed by atoms with van der Waals surface area (Å²) in [7, 11) is 0. The van der Waals surface area contributed by atoms with Crippen LogP contribution in [-0.4, -0.2) is 26.9 Å². The molecule has 0 aliphatic rings. The van der Waals surface area contributed by atoms with Crippen LogP contribution in [0.1, 0.15) is 47.1 Å². The summed E-state index contributed by atoms with van der Waals surface area (Å²) in [6.07, 6.45) is 1.68. The SMILES string of the molecule is CCCc1nc(C(=O)Nc2cccc(C(C)=O)c2)n[nH]1. The molecule has 2 rings (SSSR count). The summed E-state index contributed by atoms with van der Waals surface area (Å²) in [4.78, 5) is 27.4. The van der Waals surface area contributed by atoms with Gasteiger partial charge in [0.05, 0.1) is 0 Å². The number of aromatic amines is 1. The minimum absolute atomic E-state index is 0.0516. The topological polar surface area (TPSA) is 87.7 Å². The number of carbonyl (C=O) groups is 2. The van der Waals surface area contributed by atoms with Crippen LogP contribution in [0.4, 0.5) is 5.69 Å². The van der Waals surface area contributed by atoms with Crippen LogP contribution in [0, 0.1) is 0 Å². The fourth-order valence-electron chi connectivity index (χ4n) is 1.75. The highest BCUT2D eigenvalue weighted by Crippen LogP contribution is 2.12. The van der Waals surface area contributed by atoms with E-state index in [9.17, 15) is 9.59 Å². The molecule has 0 aliphatic carbocycles. The van der Waals surface area contributed by atoms with Gasteiger partial charge >= 0.3 is 0 Å². The molecule has 0 saturated carbocycles. The van der Waals surface area contributed by atoms with Crippen LogP contribution in [0.15, 0.2) is 24.3 Å². The number of amides is 1. The van der Waals surface area contributed by atoms with Crippen molar-refractivity contribution in [1.29, 1.82) is 0 Å². The van der Waals surface area contributed by atoms with E-state index in [1.165, 1.54) is 6.92 Å². The summed E-state index contributed by atoms with van der Waals surface area (Å²) in [6.45, 7) is 3.50. The Morgan fingerprint density at radius 3 is 2.85 bits per heavy atom. The lowest BCUT2D eigenvalue weighted by Gasteiger charge is -2.03. The van der Waals surface area contributed by atoms with Crippen LogP contribution in [0.3, 0.4) is 0 Å². The van der Waals surface area contributed by atoms with Crippen molar-refractivity contribution in [3.63, 3.8) is 0 Å². The molecule has 0 saturated heterocycles. The number of H-pyrrole nitrogens is 1. The van der Waals surface area contributed by atoms with E-state index in [2.05, 4.69) is 20.5 Å². The molecular weight excluding hydrogens is 256 g/mol. The van der Waals surface area contributed by atoms with Crippen LogP contribution in [-0.2, 0) is 6.42 Å². The Labute approximate surface area is 116 Å². The van der Waals surface area contributed by atoms with Crippen LogP contribution in [0.5, 0.6) is 0 Å². The quantitative estimate of drug-likeness (QED) is 0.817. The van der Waals surface area contributed by atoms with Crippen molar-refractivity contribution < 1.29 is 9.59 Å². The predicted octanol–water partition coefficient (Wildman–Crippen LogP) is 2.21. The summed E-state index contributed by atoms with van der Waals surface area (Å²) < 4.78 is 0. The van der Waals surface area contributed by atoms with Gasteiger partial charge in [0, 0.05) is 17.7 Å². The summed E-state index contributed by atoms with van der Waals surface area (Å²) in [5.74, 6) is 0.338. The molecule has 0 atom stereocenters. The number of hydrogen-bond donors (Lipinski definition) is 2. The third-order valence-electron chi connectivity index (χ3n) is 2.75. The maximum Gasteiger partial charge on any atom is 0.295 e. The highest BCUT2D eigenvalue weighted by molar-refractivity contribution is 6.02. The Kier molecular flexibility index (Phi) is 4.24. The van der Waals surface area contributed by atoms with Gasteiger partial charge in [-0.05, 0) is 25.5 Å². The molecule has 2 aromatic rings. The number of ketones is 1. The maximum atomic E-state index is 12.0. The van der Waals surface area contributed by atoms with Crippen LogP contribution >= 0.6 is 0 Å². The number of hydrogen-bond acceptors (Lipinski definition) is 4. The third kappa shape index (κ3) is 3.28. The number of anilines is 1. The first-order valence-corrected chi connectivity index (χ1v) is 6.43. The molecule has 0 unspecified atom stereocenters. The number of nitrogens with one attached hydrogen (secondary N) is 2. The van der Waals surface area contributed by atoms with Gasteiger partial charge in [0.2, 0.25) is 5.82 Å². The summed E-state index contributed by atoms with van der Waals surface area (Å²) in [5, 5.41) is 9.27. The van der Waals surface area contributed by atoms with Gasteiger partial charge in [-0.15, -0.1) is 5.10 Å². The molecule has 6 nitrogen and oxygen atoms in total. The van der Waals surface area contributed by atoms with E-state index < -0.39 is 5.91 Å². The zero-order chi connectivity index (χ0) is 14.5. The van der Waals surface area contributed by atoms with Gasteiger partial charge in [0.25, 0.3) is 5.91 Å². The van der Waals surface area contributed by atoms with Gasteiger partial charge in [-0.1, -0.05) is 19.1 Å². The molecular formula is C14H16N4O2. The lowest BCUT2D eigenvalue weighted by atomic mass is 10.1. The average Bonchev–Trinajstić information content (AvgIpc) is 2.88. The molecule has 1 aromatic carbocycles. The van der Waals surface area contributed by atoms with Gasteiger partial charge in [0.15, 0.2) is 5.78 Å². The Balaban J connectivity index is 2.10. The first-order chi connectivity index (χ1) is 9.60. The molecule has 20 heavy (non-hydrogen) atoms. The molecule has 0 spiro atoms. The Morgan fingerprint density at radius 1 is 1.35 bits per heavy atom. The maximum absolute atomic E-state index is 12.0. The number of nitrogens with zero attached hydrogens (tertiary/aromatic N) is 2. The van der Waals surface area contributed by atoms with Crippen LogP contribution < -0.4 is 5.32 Å². The number of aromatic nitrogens is 3. The highest BCUT2D eigenvalue weighted by Gasteiger charge is 2.12. The second kappa shape index (κ2) is 6.10. The first kappa shape index (κ1) is 13.9. The Hall–Kier alpha value is -2.50. The van der Waals surface area contributed by atoms with Gasteiger partial charge < -0.3 is 5.32 Å². The number of benzene rings is 1. The summed E-state index contributed by atoms with van der Waals surface area (Å²) >= 11 is 0. The zero-order valence-electron chi connectivity index (χ0n) is 11.4. The fourth-order valence-corrected chi connectivity index (χ4v) is 1.75. The smallest absolute Gasteiger partial charge is 0.295 e. The van der Waals surface area contributed by atoms with Crippen LogP contribution in [0.25, 0.3) is 0 Å². The lowest BCUT2D eigenvalue weighted by molar-refractivity contribution is 0.100. The fraction of sp³-hybridized carbons (Fsp3) is 0.286. The molecule has 1 heterocycles. The van der Waals surface area contributed by atoms with E-state index in [1.54, 1.807) is 24.3 Å². The molecule has 0 aliphatic heterocycles. The van der Waals surface area contributed by atoms with Crippen molar-refractivity contribution in [2.45, 2.75) is 26.7 Å². The summed E-state index contributed by atoms with van der Waals surface area (Å²) in [5.41, 5.74) is 1.09. The molecule has 0 fully saturated rings. The van der Waals surface area contributed by atoms with E-state index in [0.717, 1.165) is 12.8 Å². The van der Waals surface area contributed by atoms with Crippen molar-refractivity contribution in [1.82, 2.24) is 15.2 Å². The first-order valence-electron chi connectivity index (χ1n) is 6.43. The van der Waals surface area contributed by atoms with E-state index in [4.69, 9.17) is 0 Å². The molecule has 1 amide bonds. The van der Waals surface area contributed by atoms with Crippen LogP contribution in [0.2, 0.25) is 0 Å². The molecule has 2 N–H and O–H groups in total. The van der Waals surface area contributed by atoms with E-state index in [1.807, 2.05) is 6.92 Å². The van der Waals surface area contributed by atoms with E-state index >= 15 is 0 Å². The standard InChI is InChI=1S/C14H16N4O2/c1-3-5-12-16-13(18-17-12)14(20)15-11-7-4-6-10(8-11)9(2)19/h4,6-8H,3,5H2,1-2H3,(H,15,20)(H,16,17,18). The molecule has 104 valence electrons. The van der Waals surface area contributed by atoms with Crippen molar-refractivity contribution in [3.8, 4) is 0 Å². The lowest BCUT2D eigenvalue weighted by Crippen LogP contribution is -2.14. The predicted molar refractivity (Wildman–Crippen MR) is 74.8 cm³/mol. The van der Waals surface area contributed by atoms with Crippen molar-refractivity contribution in [3.05, 3.63) is 41.5 Å². The molecule has 0 bridgehead atoms. The number of aryl methyl sites for hydroxylation is 1. The number of rotatable bonds is 5. The normalized spacial score (nSPS) is 10.3. The second-order valence-electron chi connectivity index (χ2n) is 4.45. The van der Waals surface area contributed by atoms with Crippen molar-refractivity contribution in [2.75, 3.05) is 5.32 Å². The van der Waals surface area contributed by atoms with Gasteiger partial charge in [-0.3, -0.25) is 14.7 Å². The van der Waals surface area contributed by atoms with E-state index in [0.29, 0.717) is 17.1 Å². The molecule has 6 heteroatoms. The Morgan fingerprint density at radius 2 is 2.15 bits per heavy atom. The minimum Gasteiger partial charge on any atom is -0.319 e. The number of carbonyl (C=O) groups excluding carboxylic acids is 2. The third-order valence-corrected chi connectivity index (χ3v) is 2.75. The minimum atomic E-state index is -0.399. The molecule has 1 aromatic heterocycles. The van der Waals surface area contributed by atoms with Crippen molar-refractivity contribution in [2.24, 2.45) is 0 Å². The number of Topliss-reactive ketones (excluding diaryl/α,β-unsaturated/α-hetero) is 1. The largest absolute Gasteiger partial charge is 0.319 e. The van der Waals surface area contributed by atoms with Gasteiger partial charge in [-0.2, -0.15) is 0 Å². The van der Waals surface area contributed by atoms with E-state index in [-0.39, 0.29) is 11.6 Å². The second-order valence-corrected chi connectivity index (χ2v) is 4.45. The average molecular weight is 272 g/mol. The Bertz CT molecular complexity index is 634. The monoisotopic (exact) mass is 272 g/mol. The van der Waals surface area contributed by atoms with Crippen molar-refractivity contribution >= 4 is 17.4 Å². The van der Waals surface area contributed by atoms with Gasteiger partial charge in [-0.25, -0.2) is 4.98 Å². The zero-order valence-corrected chi connectivity index (χ0v) is 11.4. The highest BCUT2D eigenvalue weighted by atomic mass is 16.2. The molecule has 0 radical (unpaired) electrons. The van der Waals surface area contributed by atoms with Gasteiger partial charge in [0.1, 0.15) is 5.82 Å². The summed E-state index contributed by atoms with van der Waals surface area (Å²) in [6, 6.07) is 6.75.